The van der Waals surface area contributed by atoms with Gasteiger partial charge in [-0.05, 0) is 53.8 Å². The third-order valence-corrected chi connectivity index (χ3v) is 5.92. The molecule has 1 aromatic carbocycles. The van der Waals surface area contributed by atoms with Crippen LogP contribution < -0.4 is 15.0 Å². The van der Waals surface area contributed by atoms with E-state index in [4.69, 9.17) is 14.7 Å². The zero-order chi connectivity index (χ0) is 23.9. The molecule has 0 radical (unpaired) electrons. The van der Waals surface area contributed by atoms with Gasteiger partial charge in [-0.15, -0.1) is 0 Å². The molecule has 2 aliphatic rings. The van der Waals surface area contributed by atoms with E-state index in [9.17, 15) is 9.90 Å². The molecular formula is C25H29N5O4. The first-order chi connectivity index (χ1) is 16.6. The number of urea groups is 1. The van der Waals surface area contributed by atoms with Gasteiger partial charge < -0.3 is 29.7 Å². The molecule has 2 fully saturated rings. The normalized spacial score (nSPS) is 17.0. The number of carbonyl (C=O) groups is 1. The van der Waals surface area contributed by atoms with Crippen molar-refractivity contribution in [2.24, 2.45) is 0 Å². The van der Waals surface area contributed by atoms with Crippen LogP contribution in [0, 0.1) is 18.3 Å². The number of nitrogens with one attached hydrogen (secondary N) is 1. The summed E-state index contributed by atoms with van der Waals surface area (Å²) in [5.74, 6) is 1.23. The molecule has 9 nitrogen and oxygen atoms in total. The molecule has 0 unspecified atom stereocenters. The van der Waals surface area contributed by atoms with Crippen LogP contribution in [0.4, 0.5) is 16.3 Å². The number of nitriles is 1. The first-order valence-electron chi connectivity index (χ1n) is 11.4. The molecule has 1 aromatic heterocycles. The minimum Gasteiger partial charge on any atom is -0.475 e. The third-order valence-electron chi connectivity index (χ3n) is 5.92. The number of benzene rings is 1. The van der Waals surface area contributed by atoms with E-state index in [0.29, 0.717) is 37.9 Å². The monoisotopic (exact) mass is 463 g/mol. The van der Waals surface area contributed by atoms with E-state index in [-0.39, 0.29) is 19.2 Å². The SMILES string of the molecule is Cc1ccc(NC(=O)N2CC/C(=C/C#N)C2)cc1-c1cc(OCCO)nc(N2CCOCC2)c1. The molecule has 2 saturated heterocycles. The van der Waals surface area contributed by atoms with E-state index in [2.05, 4.69) is 15.2 Å². The Morgan fingerprint density at radius 1 is 1.29 bits per heavy atom. The zero-order valence-electron chi connectivity index (χ0n) is 19.3. The van der Waals surface area contributed by atoms with Crippen LogP contribution in [0.15, 0.2) is 42.0 Å². The standard InChI is InChI=1S/C25H29N5O4/c1-18-2-3-21(27-25(32)30-7-5-19(17-30)4-6-26)16-22(18)20-14-23(29-8-11-33-12-9-29)28-24(15-20)34-13-10-31/h2-4,14-16,31H,5,7-13,17H2,1H3,(H,27,32)/b19-4-. The first-order valence-corrected chi connectivity index (χ1v) is 11.4. The third kappa shape index (κ3) is 5.65. The van der Waals surface area contributed by atoms with Crippen molar-refractivity contribution in [1.82, 2.24) is 9.88 Å². The lowest BCUT2D eigenvalue weighted by Gasteiger charge is -2.28. The molecule has 2 amide bonds. The van der Waals surface area contributed by atoms with E-state index in [0.717, 1.165) is 47.6 Å². The van der Waals surface area contributed by atoms with Crippen LogP contribution in [-0.4, -0.2) is 73.6 Å². The summed E-state index contributed by atoms with van der Waals surface area (Å²) >= 11 is 0. The second-order valence-corrected chi connectivity index (χ2v) is 8.29. The average Bonchev–Trinajstić information content (AvgIpc) is 3.33. The van der Waals surface area contributed by atoms with Gasteiger partial charge in [0.25, 0.3) is 0 Å². The van der Waals surface area contributed by atoms with Crippen molar-refractivity contribution >= 4 is 17.5 Å². The summed E-state index contributed by atoms with van der Waals surface area (Å²) < 4.78 is 11.1. The van der Waals surface area contributed by atoms with Gasteiger partial charge in [-0.25, -0.2) is 4.79 Å². The summed E-state index contributed by atoms with van der Waals surface area (Å²) in [4.78, 5) is 21.2. The lowest BCUT2D eigenvalue weighted by atomic mass is 10.0. The Balaban J connectivity index is 1.59. The molecule has 0 bridgehead atoms. The smallest absolute Gasteiger partial charge is 0.322 e. The van der Waals surface area contributed by atoms with Crippen LogP contribution in [0.2, 0.25) is 0 Å². The Hall–Kier alpha value is -3.61. The second-order valence-electron chi connectivity index (χ2n) is 8.29. The van der Waals surface area contributed by atoms with E-state index in [1.54, 1.807) is 4.90 Å². The summed E-state index contributed by atoms with van der Waals surface area (Å²) in [6, 6.07) is 11.5. The number of pyridine rings is 1. The van der Waals surface area contributed by atoms with Gasteiger partial charge in [0, 0.05) is 44.0 Å². The maximum atomic E-state index is 12.8. The van der Waals surface area contributed by atoms with Crippen LogP contribution in [0.3, 0.4) is 0 Å². The van der Waals surface area contributed by atoms with Crippen molar-refractivity contribution < 1.29 is 19.4 Å². The molecule has 0 saturated carbocycles. The van der Waals surface area contributed by atoms with Gasteiger partial charge in [0.15, 0.2) is 0 Å². The second kappa shape index (κ2) is 11.0. The Morgan fingerprint density at radius 2 is 2.12 bits per heavy atom. The van der Waals surface area contributed by atoms with Gasteiger partial charge in [-0.1, -0.05) is 6.07 Å². The van der Waals surface area contributed by atoms with Crippen molar-refractivity contribution in [1.29, 1.82) is 5.26 Å². The lowest BCUT2D eigenvalue weighted by Crippen LogP contribution is -2.36. The van der Waals surface area contributed by atoms with E-state index in [1.807, 2.05) is 43.3 Å². The minimum absolute atomic E-state index is 0.0961. The first kappa shape index (κ1) is 23.5. The highest BCUT2D eigenvalue weighted by atomic mass is 16.5. The Labute approximate surface area is 199 Å². The topological polar surface area (TPSA) is 111 Å². The van der Waals surface area contributed by atoms with Gasteiger partial charge in [-0.2, -0.15) is 10.2 Å². The molecule has 2 aromatic rings. The summed E-state index contributed by atoms with van der Waals surface area (Å²) in [6.07, 6.45) is 2.24. The number of aryl methyl sites for hydroxylation is 1. The molecule has 0 aliphatic carbocycles. The van der Waals surface area contributed by atoms with Gasteiger partial charge in [-0.3, -0.25) is 0 Å². The number of hydrogen-bond donors (Lipinski definition) is 2. The number of aliphatic hydroxyl groups excluding tert-OH is 1. The molecule has 9 heteroatoms. The number of carbonyl (C=O) groups excluding carboxylic acids is 1. The van der Waals surface area contributed by atoms with Crippen molar-refractivity contribution in [3.8, 4) is 23.1 Å². The summed E-state index contributed by atoms with van der Waals surface area (Å²) in [6.45, 7) is 5.90. The van der Waals surface area contributed by atoms with Gasteiger partial charge in [0.1, 0.15) is 12.4 Å². The molecule has 2 N–H and O–H groups in total. The van der Waals surface area contributed by atoms with Crippen LogP contribution in [0.5, 0.6) is 5.88 Å². The number of aliphatic hydroxyl groups is 1. The summed E-state index contributed by atoms with van der Waals surface area (Å²) in [7, 11) is 0. The molecule has 0 spiro atoms. The number of morpholine rings is 1. The highest BCUT2D eigenvalue weighted by Crippen LogP contribution is 2.32. The van der Waals surface area contributed by atoms with Gasteiger partial charge in [0.2, 0.25) is 5.88 Å². The summed E-state index contributed by atoms with van der Waals surface area (Å²) in [5.41, 5.74) is 4.56. The predicted octanol–water partition coefficient (Wildman–Crippen LogP) is 2.95. The van der Waals surface area contributed by atoms with Crippen LogP contribution >= 0.6 is 0 Å². The Bertz CT molecular complexity index is 1100. The number of allylic oxidation sites excluding steroid dienone is 1. The van der Waals surface area contributed by atoms with Gasteiger partial charge in [0.05, 0.1) is 25.9 Å². The van der Waals surface area contributed by atoms with Gasteiger partial charge >= 0.3 is 6.03 Å². The van der Waals surface area contributed by atoms with Crippen LogP contribution in [0.25, 0.3) is 11.1 Å². The number of likely N-dealkylation sites (tertiary alicyclic amines) is 1. The quantitative estimate of drug-likeness (QED) is 0.634. The number of hydrogen-bond acceptors (Lipinski definition) is 7. The Kier molecular flexibility index (Phi) is 7.62. The number of aromatic nitrogens is 1. The van der Waals surface area contributed by atoms with Crippen LogP contribution in [-0.2, 0) is 4.74 Å². The number of nitrogens with zero attached hydrogens (tertiary/aromatic N) is 4. The zero-order valence-corrected chi connectivity index (χ0v) is 19.3. The maximum Gasteiger partial charge on any atom is 0.322 e. The fourth-order valence-corrected chi connectivity index (χ4v) is 4.10. The fraction of sp³-hybridized carbons (Fsp3) is 0.400. The highest BCUT2D eigenvalue weighted by molar-refractivity contribution is 5.91. The molecule has 3 heterocycles. The molecule has 178 valence electrons. The van der Waals surface area contributed by atoms with Crippen molar-refractivity contribution in [2.75, 3.05) is 62.8 Å². The molecule has 34 heavy (non-hydrogen) atoms. The number of rotatable bonds is 6. The van der Waals surface area contributed by atoms with Crippen molar-refractivity contribution in [3.63, 3.8) is 0 Å². The van der Waals surface area contributed by atoms with Crippen molar-refractivity contribution in [2.45, 2.75) is 13.3 Å². The van der Waals surface area contributed by atoms with Crippen molar-refractivity contribution in [3.05, 3.63) is 47.5 Å². The lowest BCUT2D eigenvalue weighted by molar-refractivity contribution is 0.122. The van der Waals surface area contributed by atoms with E-state index >= 15 is 0 Å². The van der Waals surface area contributed by atoms with E-state index in [1.165, 1.54) is 6.08 Å². The molecule has 2 aliphatic heterocycles. The largest absolute Gasteiger partial charge is 0.475 e. The Morgan fingerprint density at radius 3 is 2.88 bits per heavy atom. The number of ether oxygens (including phenoxy) is 2. The molecule has 4 rings (SSSR count). The average molecular weight is 464 g/mol. The molecular weight excluding hydrogens is 434 g/mol. The maximum absolute atomic E-state index is 12.8. The minimum atomic E-state index is -0.188. The number of amides is 2. The van der Waals surface area contributed by atoms with E-state index < -0.39 is 0 Å². The van der Waals surface area contributed by atoms with Crippen LogP contribution in [0.1, 0.15) is 12.0 Å². The summed E-state index contributed by atoms with van der Waals surface area (Å²) in [5, 5.41) is 21.0. The fourth-order valence-electron chi connectivity index (χ4n) is 4.10. The number of anilines is 2. The molecule has 0 atom stereocenters. The highest BCUT2D eigenvalue weighted by Gasteiger charge is 2.22. The predicted molar refractivity (Wildman–Crippen MR) is 129 cm³/mol.